The van der Waals surface area contributed by atoms with E-state index >= 15 is 0 Å². The topological polar surface area (TPSA) is 115 Å². The lowest BCUT2D eigenvalue weighted by molar-refractivity contribution is -0.142. The molecule has 3 aliphatic rings. The first-order valence-electron chi connectivity index (χ1n) is 13.1. The third kappa shape index (κ3) is 5.15. The van der Waals surface area contributed by atoms with E-state index < -0.39 is 6.10 Å². The number of hydrogen-bond donors (Lipinski definition) is 3. The third-order valence-electron chi connectivity index (χ3n) is 7.48. The molecule has 0 aromatic heterocycles. The van der Waals surface area contributed by atoms with E-state index in [1.807, 2.05) is 49.4 Å². The number of ether oxygens (including phenoxy) is 4. The zero-order chi connectivity index (χ0) is 26.9. The van der Waals surface area contributed by atoms with Gasteiger partial charge in [-0.2, -0.15) is 0 Å². The van der Waals surface area contributed by atoms with Crippen LogP contribution in [0.3, 0.4) is 0 Å². The van der Waals surface area contributed by atoms with E-state index in [9.17, 15) is 14.7 Å². The first-order valence-corrected chi connectivity index (χ1v) is 13.1. The first kappa shape index (κ1) is 25.2. The average Bonchev–Trinajstić information content (AvgIpc) is 3.57. The van der Waals surface area contributed by atoms with Crippen molar-refractivity contribution in [2.24, 2.45) is 0 Å². The van der Waals surface area contributed by atoms with Crippen molar-refractivity contribution in [1.29, 1.82) is 0 Å². The molecule has 6 rings (SSSR count). The molecule has 0 radical (unpaired) electrons. The van der Waals surface area contributed by atoms with Crippen molar-refractivity contribution >= 4 is 17.5 Å². The van der Waals surface area contributed by atoms with E-state index in [1.165, 1.54) is 0 Å². The number of hydrogen-bond acceptors (Lipinski definition) is 7. The number of anilines is 1. The SMILES string of the molecule is C[C@@H](NC(=O)C[C@H]1C[C@H]2c3cc(NC(=O)c4ccc5c(c4)OCO5)ccc3O[C@H]2[C@@H](CO)O1)c1ccccc1. The Labute approximate surface area is 226 Å². The second-order valence-corrected chi connectivity index (χ2v) is 10.1. The summed E-state index contributed by atoms with van der Waals surface area (Å²) in [6, 6.07) is 20.2. The zero-order valence-electron chi connectivity index (χ0n) is 21.5. The quantitative estimate of drug-likeness (QED) is 0.424. The van der Waals surface area contributed by atoms with E-state index in [1.54, 1.807) is 24.3 Å². The van der Waals surface area contributed by atoms with Crippen LogP contribution in [-0.4, -0.2) is 48.6 Å². The molecule has 1 saturated heterocycles. The minimum absolute atomic E-state index is 0.0855. The standard InChI is InChI=1S/C30H30N2O7/c1-17(18-5-3-2-4-6-18)31-28(34)14-21-13-23-22-12-20(8-10-24(22)39-29(23)27(15-33)38-21)32-30(35)19-7-9-25-26(11-19)37-16-36-25/h2-12,17,21,23,27,29,33H,13-16H2,1H3,(H,31,34)(H,32,35)/t17-,21-,23+,27-,29-/m1/s1. The van der Waals surface area contributed by atoms with Crippen LogP contribution < -0.4 is 24.8 Å². The molecule has 3 heterocycles. The molecule has 2 amide bonds. The number of rotatable bonds is 7. The van der Waals surface area contributed by atoms with Crippen molar-refractivity contribution in [2.75, 3.05) is 18.7 Å². The minimum atomic E-state index is -0.563. The van der Waals surface area contributed by atoms with Crippen LogP contribution in [0.1, 0.15) is 53.2 Å². The molecule has 9 nitrogen and oxygen atoms in total. The fourth-order valence-corrected chi connectivity index (χ4v) is 5.54. The van der Waals surface area contributed by atoms with Gasteiger partial charge in [0.2, 0.25) is 12.7 Å². The second-order valence-electron chi connectivity index (χ2n) is 10.1. The van der Waals surface area contributed by atoms with E-state index in [-0.39, 0.29) is 55.8 Å². The number of benzene rings is 3. The molecule has 0 saturated carbocycles. The van der Waals surface area contributed by atoms with Crippen molar-refractivity contribution in [2.45, 2.75) is 50.0 Å². The Kier molecular flexibility index (Phi) is 6.85. The maximum absolute atomic E-state index is 12.9. The number of aliphatic hydroxyl groups is 1. The summed E-state index contributed by atoms with van der Waals surface area (Å²) in [6.07, 6.45) is -0.583. The molecular weight excluding hydrogens is 500 g/mol. The van der Waals surface area contributed by atoms with E-state index in [2.05, 4.69) is 10.6 Å². The van der Waals surface area contributed by atoms with Gasteiger partial charge >= 0.3 is 0 Å². The highest BCUT2D eigenvalue weighted by Crippen LogP contribution is 2.47. The van der Waals surface area contributed by atoms with Crippen LogP contribution in [0.2, 0.25) is 0 Å². The monoisotopic (exact) mass is 530 g/mol. The highest BCUT2D eigenvalue weighted by molar-refractivity contribution is 6.04. The highest BCUT2D eigenvalue weighted by Gasteiger charge is 2.46. The number of nitrogens with one attached hydrogen (secondary N) is 2. The van der Waals surface area contributed by atoms with Crippen LogP contribution in [0.5, 0.6) is 17.2 Å². The molecule has 39 heavy (non-hydrogen) atoms. The molecule has 3 aromatic carbocycles. The number of amides is 2. The number of carbonyl (C=O) groups is 2. The summed E-state index contributed by atoms with van der Waals surface area (Å²) in [4.78, 5) is 25.8. The first-order chi connectivity index (χ1) is 19.0. The zero-order valence-corrected chi connectivity index (χ0v) is 21.5. The molecule has 202 valence electrons. The molecule has 9 heteroatoms. The van der Waals surface area contributed by atoms with Crippen LogP contribution in [0.15, 0.2) is 66.7 Å². The van der Waals surface area contributed by atoms with Crippen LogP contribution in [-0.2, 0) is 9.53 Å². The van der Waals surface area contributed by atoms with Gasteiger partial charge in [0, 0.05) is 22.7 Å². The molecule has 3 aliphatic heterocycles. The van der Waals surface area contributed by atoms with Crippen molar-refractivity contribution in [3.8, 4) is 17.2 Å². The maximum Gasteiger partial charge on any atom is 0.255 e. The Hall–Kier alpha value is -4.08. The van der Waals surface area contributed by atoms with Gasteiger partial charge in [-0.05, 0) is 55.3 Å². The van der Waals surface area contributed by atoms with Crippen LogP contribution in [0.4, 0.5) is 5.69 Å². The van der Waals surface area contributed by atoms with Crippen molar-refractivity contribution in [3.63, 3.8) is 0 Å². The summed E-state index contributed by atoms with van der Waals surface area (Å²) in [5, 5.41) is 16.0. The predicted octanol–water partition coefficient (Wildman–Crippen LogP) is 3.93. The Balaban J connectivity index is 1.14. The van der Waals surface area contributed by atoms with Gasteiger partial charge in [-0.1, -0.05) is 30.3 Å². The molecule has 5 atom stereocenters. The average molecular weight is 531 g/mol. The Bertz CT molecular complexity index is 1380. The maximum atomic E-state index is 12.9. The Morgan fingerprint density at radius 2 is 1.79 bits per heavy atom. The second kappa shape index (κ2) is 10.6. The fraction of sp³-hybridized carbons (Fsp3) is 0.333. The molecule has 3 aromatic rings. The summed E-state index contributed by atoms with van der Waals surface area (Å²) in [5.41, 5.74) is 3.03. The lowest BCUT2D eigenvalue weighted by Gasteiger charge is -2.37. The smallest absolute Gasteiger partial charge is 0.255 e. The highest BCUT2D eigenvalue weighted by atomic mass is 16.7. The van der Waals surface area contributed by atoms with E-state index in [0.717, 1.165) is 11.1 Å². The van der Waals surface area contributed by atoms with Gasteiger partial charge < -0.3 is 34.7 Å². The lowest BCUT2D eigenvalue weighted by Crippen LogP contribution is -2.47. The van der Waals surface area contributed by atoms with E-state index in [0.29, 0.717) is 34.9 Å². The van der Waals surface area contributed by atoms with Crippen molar-refractivity contribution in [1.82, 2.24) is 5.32 Å². The molecular formula is C30H30N2O7. The minimum Gasteiger partial charge on any atom is -0.487 e. The molecule has 3 N–H and O–H groups in total. The van der Waals surface area contributed by atoms with Gasteiger partial charge in [0.1, 0.15) is 18.0 Å². The summed E-state index contributed by atoms with van der Waals surface area (Å²) < 4.78 is 23.0. The van der Waals surface area contributed by atoms with Crippen LogP contribution in [0, 0.1) is 0 Å². The van der Waals surface area contributed by atoms with Gasteiger partial charge in [-0.3, -0.25) is 9.59 Å². The molecule has 0 aliphatic carbocycles. The Morgan fingerprint density at radius 3 is 2.62 bits per heavy atom. The molecule has 0 spiro atoms. The van der Waals surface area contributed by atoms with Gasteiger partial charge in [0.05, 0.1) is 25.2 Å². The molecule has 0 unspecified atom stereocenters. The van der Waals surface area contributed by atoms with Gasteiger partial charge in [0.15, 0.2) is 11.5 Å². The number of fused-ring (bicyclic) bond motifs is 4. The van der Waals surface area contributed by atoms with E-state index in [4.69, 9.17) is 18.9 Å². The Morgan fingerprint density at radius 1 is 1.00 bits per heavy atom. The number of aliphatic hydroxyl groups excluding tert-OH is 1. The normalized spacial score (nSPS) is 23.2. The fourth-order valence-electron chi connectivity index (χ4n) is 5.54. The van der Waals surface area contributed by atoms with Gasteiger partial charge in [0.25, 0.3) is 5.91 Å². The predicted molar refractivity (Wildman–Crippen MR) is 142 cm³/mol. The molecule has 1 fully saturated rings. The van der Waals surface area contributed by atoms with Crippen LogP contribution in [0.25, 0.3) is 0 Å². The van der Waals surface area contributed by atoms with Crippen molar-refractivity contribution in [3.05, 3.63) is 83.4 Å². The van der Waals surface area contributed by atoms with Gasteiger partial charge in [-0.25, -0.2) is 0 Å². The summed E-state index contributed by atoms with van der Waals surface area (Å²) in [6.45, 7) is 1.87. The lowest BCUT2D eigenvalue weighted by atomic mass is 9.84. The third-order valence-corrected chi connectivity index (χ3v) is 7.48. The van der Waals surface area contributed by atoms with Crippen LogP contribution >= 0.6 is 0 Å². The summed E-state index contributed by atoms with van der Waals surface area (Å²) >= 11 is 0. The van der Waals surface area contributed by atoms with Crippen molar-refractivity contribution < 1.29 is 33.6 Å². The summed E-state index contributed by atoms with van der Waals surface area (Å²) in [7, 11) is 0. The molecule has 0 bridgehead atoms. The largest absolute Gasteiger partial charge is 0.487 e. The number of carbonyl (C=O) groups excluding carboxylic acids is 2. The van der Waals surface area contributed by atoms with Gasteiger partial charge in [-0.15, -0.1) is 0 Å². The summed E-state index contributed by atoms with van der Waals surface area (Å²) in [5.74, 6) is 1.37.